The van der Waals surface area contributed by atoms with Gasteiger partial charge in [0.2, 0.25) is 0 Å². The molecule has 27 heavy (non-hydrogen) atoms. The number of nitrogens with zero attached hydrogens (tertiary/aromatic N) is 4. The van der Waals surface area contributed by atoms with Gasteiger partial charge in [-0.15, -0.1) is 0 Å². The Hall–Kier alpha value is -2.93. The van der Waals surface area contributed by atoms with Crippen LogP contribution in [0.5, 0.6) is 0 Å². The van der Waals surface area contributed by atoms with E-state index in [1.807, 2.05) is 19.9 Å². The maximum absolute atomic E-state index is 12.4. The van der Waals surface area contributed by atoms with Gasteiger partial charge in [-0.2, -0.15) is 15.1 Å². The van der Waals surface area contributed by atoms with Gasteiger partial charge < -0.3 is 4.57 Å². The Morgan fingerprint density at radius 3 is 2.56 bits per heavy atom. The van der Waals surface area contributed by atoms with E-state index in [1.54, 1.807) is 11.6 Å². The number of amidine groups is 2. The molecular weight excluding hydrogens is 358 g/mol. The van der Waals surface area contributed by atoms with Gasteiger partial charge >= 0.3 is 0 Å². The molecule has 0 bridgehead atoms. The van der Waals surface area contributed by atoms with Crippen molar-refractivity contribution in [1.29, 1.82) is 5.41 Å². The van der Waals surface area contributed by atoms with Crippen LogP contribution in [0.2, 0.25) is 0 Å². The summed E-state index contributed by atoms with van der Waals surface area (Å²) in [4.78, 5) is 16.5. The van der Waals surface area contributed by atoms with Gasteiger partial charge in [-0.3, -0.25) is 10.2 Å². The van der Waals surface area contributed by atoms with E-state index in [0.29, 0.717) is 5.17 Å². The number of hydrazone groups is 1. The molecule has 2 aromatic rings. The van der Waals surface area contributed by atoms with Crippen molar-refractivity contribution < 1.29 is 4.79 Å². The molecule has 0 saturated heterocycles. The lowest BCUT2D eigenvalue weighted by Gasteiger charge is -2.20. The Morgan fingerprint density at radius 2 is 1.85 bits per heavy atom. The molecule has 2 aliphatic rings. The first-order chi connectivity index (χ1) is 12.9. The molecule has 6 nitrogen and oxygen atoms in total. The molecule has 136 valence electrons. The van der Waals surface area contributed by atoms with Crippen molar-refractivity contribution in [3.05, 3.63) is 57.9 Å². The molecule has 4 rings (SSSR count). The van der Waals surface area contributed by atoms with Crippen LogP contribution in [0.25, 0.3) is 11.8 Å². The third-order valence-electron chi connectivity index (χ3n) is 4.83. The molecule has 7 heteroatoms. The average Bonchev–Trinajstić information content (AvgIpc) is 3.18. The van der Waals surface area contributed by atoms with E-state index in [-0.39, 0.29) is 11.4 Å². The summed E-state index contributed by atoms with van der Waals surface area (Å²) in [7, 11) is 0. The van der Waals surface area contributed by atoms with E-state index in [4.69, 9.17) is 5.41 Å². The molecule has 2 aliphatic heterocycles. The number of nitrogens with one attached hydrogen (secondary N) is 1. The molecule has 1 N–H and O–H groups in total. The highest BCUT2D eigenvalue weighted by Crippen LogP contribution is 2.29. The zero-order valence-electron chi connectivity index (χ0n) is 15.6. The summed E-state index contributed by atoms with van der Waals surface area (Å²) in [5, 5.41) is 14.3. The lowest BCUT2D eigenvalue weighted by atomic mass is 10.1. The smallest absolute Gasteiger partial charge is 0.283 e. The molecule has 1 aromatic carbocycles. The largest absolute Gasteiger partial charge is 0.317 e. The Bertz CT molecular complexity index is 1070. The summed E-state index contributed by atoms with van der Waals surface area (Å²) in [6.07, 6.45) is 1.75. The van der Waals surface area contributed by atoms with E-state index in [0.717, 1.165) is 22.6 Å². The fourth-order valence-electron chi connectivity index (χ4n) is 3.53. The van der Waals surface area contributed by atoms with Gasteiger partial charge in [0.15, 0.2) is 11.0 Å². The van der Waals surface area contributed by atoms with Gasteiger partial charge in [-0.1, -0.05) is 18.2 Å². The molecule has 0 radical (unpaired) electrons. The van der Waals surface area contributed by atoms with Crippen LogP contribution in [0.3, 0.4) is 0 Å². The maximum atomic E-state index is 12.4. The van der Waals surface area contributed by atoms with E-state index in [9.17, 15) is 4.79 Å². The van der Waals surface area contributed by atoms with Crippen LogP contribution in [-0.4, -0.2) is 32.0 Å². The number of aryl methyl sites for hydroxylation is 3. The van der Waals surface area contributed by atoms with Crippen LogP contribution in [0.1, 0.15) is 28.1 Å². The minimum Gasteiger partial charge on any atom is -0.317 e. The highest BCUT2D eigenvalue weighted by Gasteiger charge is 2.32. The maximum Gasteiger partial charge on any atom is 0.283 e. The van der Waals surface area contributed by atoms with Crippen molar-refractivity contribution in [3.63, 3.8) is 0 Å². The van der Waals surface area contributed by atoms with Crippen LogP contribution in [0.4, 0.5) is 0 Å². The number of thioether (sulfide) groups is 1. The Labute approximate surface area is 161 Å². The second-order valence-electron chi connectivity index (χ2n) is 6.66. The zero-order valence-corrected chi connectivity index (χ0v) is 16.4. The summed E-state index contributed by atoms with van der Waals surface area (Å²) in [5.41, 5.74) is 8.36. The monoisotopic (exact) mass is 377 g/mol. The molecule has 1 amide bonds. The van der Waals surface area contributed by atoms with E-state index in [1.165, 1.54) is 27.9 Å². The van der Waals surface area contributed by atoms with Crippen LogP contribution >= 0.6 is 11.8 Å². The topological polar surface area (TPSA) is 73.8 Å². The molecule has 0 spiro atoms. The highest BCUT2D eigenvalue weighted by atomic mass is 32.2. The number of aromatic nitrogens is 1. The van der Waals surface area contributed by atoms with Gasteiger partial charge in [0, 0.05) is 11.4 Å². The first kappa shape index (κ1) is 17.5. The van der Waals surface area contributed by atoms with Crippen molar-refractivity contribution in [2.45, 2.75) is 27.7 Å². The number of amides is 1. The number of hydrogen-bond acceptors (Lipinski definition) is 4. The van der Waals surface area contributed by atoms with E-state index in [2.05, 4.69) is 46.7 Å². The molecule has 0 saturated carbocycles. The number of aliphatic imine (C=N–C) groups is 1. The zero-order chi connectivity index (χ0) is 19.3. The molecule has 0 atom stereocenters. The molecule has 0 fully saturated rings. The molecule has 3 heterocycles. The van der Waals surface area contributed by atoms with Crippen molar-refractivity contribution in [2.24, 2.45) is 10.1 Å². The third-order valence-corrected chi connectivity index (χ3v) is 5.50. The Kier molecular flexibility index (Phi) is 4.11. The summed E-state index contributed by atoms with van der Waals surface area (Å²) in [5.74, 6) is -0.343. The van der Waals surface area contributed by atoms with Gasteiger partial charge in [-0.05, 0) is 68.3 Å². The fraction of sp³-hybridized carbons (Fsp3) is 0.200. The molecule has 0 aliphatic carbocycles. The average molecular weight is 377 g/mol. The SMILES string of the molecule is Cc1cccc(C)c1-n1c(C)cc(/C=C2\C(=N)N3N=CSC3=NC2=O)c1C. The Balaban J connectivity index is 1.83. The number of hydrogen-bond donors (Lipinski definition) is 1. The normalized spacial score (nSPS) is 17.7. The summed E-state index contributed by atoms with van der Waals surface area (Å²) >= 11 is 1.24. The predicted molar refractivity (Wildman–Crippen MR) is 111 cm³/mol. The van der Waals surface area contributed by atoms with Crippen LogP contribution in [0.15, 0.2) is 39.9 Å². The van der Waals surface area contributed by atoms with E-state index < -0.39 is 5.91 Å². The fourth-order valence-corrected chi connectivity index (χ4v) is 4.14. The number of benzene rings is 1. The molecule has 1 aromatic heterocycles. The van der Waals surface area contributed by atoms with Crippen LogP contribution in [0, 0.1) is 33.1 Å². The summed E-state index contributed by atoms with van der Waals surface area (Å²) in [6, 6.07) is 8.28. The lowest BCUT2D eigenvalue weighted by Crippen LogP contribution is -2.35. The van der Waals surface area contributed by atoms with E-state index >= 15 is 0 Å². The molecule has 0 unspecified atom stereocenters. The predicted octanol–water partition coefficient (Wildman–Crippen LogP) is 3.96. The minimum absolute atomic E-state index is 0.0584. The lowest BCUT2D eigenvalue weighted by molar-refractivity contribution is -0.114. The highest BCUT2D eigenvalue weighted by molar-refractivity contribution is 8.25. The second kappa shape index (κ2) is 6.35. The number of carbonyl (C=O) groups is 1. The van der Waals surface area contributed by atoms with Gasteiger partial charge in [0.05, 0.1) is 16.8 Å². The number of para-hydroxylation sites is 1. The van der Waals surface area contributed by atoms with Crippen molar-refractivity contribution in [2.75, 3.05) is 0 Å². The third kappa shape index (κ3) is 2.75. The molecular formula is C20H19N5OS. The van der Waals surface area contributed by atoms with Crippen molar-refractivity contribution in [1.82, 2.24) is 9.58 Å². The van der Waals surface area contributed by atoms with Crippen LogP contribution in [-0.2, 0) is 4.79 Å². The number of carbonyl (C=O) groups excluding carboxylic acids is 1. The van der Waals surface area contributed by atoms with Gasteiger partial charge in [-0.25, -0.2) is 0 Å². The number of rotatable bonds is 2. The summed E-state index contributed by atoms with van der Waals surface area (Å²) < 4.78 is 2.20. The van der Waals surface area contributed by atoms with Crippen molar-refractivity contribution in [3.8, 4) is 5.69 Å². The first-order valence-electron chi connectivity index (χ1n) is 8.57. The Morgan fingerprint density at radius 1 is 1.15 bits per heavy atom. The minimum atomic E-state index is -0.402. The summed E-state index contributed by atoms with van der Waals surface area (Å²) in [6.45, 7) is 8.27. The van der Waals surface area contributed by atoms with Crippen LogP contribution < -0.4 is 0 Å². The second-order valence-corrected chi connectivity index (χ2v) is 7.47. The van der Waals surface area contributed by atoms with Gasteiger partial charge in [0.1, 0.15) is 0 Å². The standard InChI is InChI=1S/C20H19N5OS/c1-11-6-5-7-12(2)17(11)24-13(3)8-15(14(24)4)9-16-18(21)25-20(23-19(16)26)27-10-22-25/h5-10,21H,1-4H3/b16-9+,21-18?. The number of fused-ring (bicyclic) bond motifs is 1. The van der Waals surface area contributed by atoms with Gasteiger partial charge in [0.25, 0.3) is 5.91 Å². The first-order valence-corrected chi connectivity index (χ1v) is 9.45. The quantitative estimate of drug-likeness (QED) is 0.805. The van der Waals surface area contributed by atoms with Crippen molar-refractivity contribution >= 4 is 40.3 Å².